The zero-order valence-corrected chi connectivity index (χ0v) is 13.1. The maximum Gasteiger partial charge on any atom is 0.247 e. The van der Waals surface area contributed by atoms with Gasteiger partial charge in [-0.1, -0.05) is 0 Å². The number of anilines is 1. The van der Waals surface area contributed by atoms with Crippen LogP contribution < -0.4 is 11.3 Å². The van der Waals surface area contributed by atoms with E-state index in [1.165, 1.54) is 21.6 Å². The number of nitrogen functional groups attached to an aromatic ring is 1. The monoisotopic (exact) mass is 324 g/mol. The van der Waals surface area contributed by atoms with Crippen LogP contribution in [0, 0.1) is 0 Å². The molecule has 0 bridgehead atoms. The fourth-order valence-electron chi connectivity index (χ4n) is 2.65. The van der Waals surface area contributed by atoms with Gasteiger partial charge in [-0.2, -0.15) is 4.31 Å². The highest BCUT2D eigenvalue weighted by Gasteiger charge is 2.35. The Balaban J connectivity index is 2.04. The lowest BCUT2D eigenvalue weighted by atomic mass is 10.0. The van der Waals surface area contributed by atoms with E-state index in [4.69, 9.17) is 5.84 Å². The first kappa shape index (κ1) is 14.5. The molecular weight excluding hydrogens is 308 g/mol. The van der Waals surface area contributed by atoms with Crippen molar-refractivity contribution in [2.24, 2.45) is 5.84 Å². The fraction of sp³-hybridized carbons (Fsp3) is 0.308. The maximum atomic E-state index is 12.9. The molecule has 21 heavy (non-hydrogen) atoms. The minimum atomic E-state index is -3.64. The first-order valence-corrected chi connectivity index (χ1v) is 8.86. The summed E-state index contributed by atoms with van der Waals surface area (Å²) in [5, 5.41) is 2.01. The van der Waals surface area contributed by atoms with E-state index < -0.39 is 10.0 Å². The Bertz CT molecular complexity index is 757. The van der Waals surface area contributed by atoms with Crippen LogP contribution in [0.15, 0.2) is 34.8 Å². The van der Waals surface area contributed by atoms with Gasteiger partial charge in [0.15, 0.2) is 0 Å². The highest BCUT2D eigenvalue weighted by atomic mass is 32.2. The second-order valence-electron chi connectivity index (χ2n) is 4.86. The van der Waals surface area contributed by atoms with Crippen molar-refractivity contribution in [2.75, 3.05) is 12.0 Å². The van der Waals surface area contributed by atoms with Crippen molar-refractivity contribution in [1.82, 2.24) is 9.29 Å². The SMILES string of the molecule is CC1c2ccsc2CCN1S(=O)(=O)c1cnccc1NN. The molecule has 8 heteroatoms. The first-order valence-electron chi connectivity index (χ1n) is 6.54. The zero-order chi connectivity index (χ0) is 15.0. The zero-order valence-electron chi connectivity index (χ0n) is 11.5. The Morgan fingerprint density at radius 3 is 3.05 bits per heavy atom. The number of fused-ring (bicyclic) bond motifs is 1. The first-order chi connectivity index (χ1) is 10.1. The molecular formula is C13H16N4O2S2. The van der Waals surface area contributed by atoms with Gasteiger partial charge in [-0.05, 0) is 36.4 Å². The van der Waals surface area contributed by atoms with E-state index in [1.54, 1.807) is 17.4 Å². The van der Waals surface area contributed by atoms with E-state index in [9.17, 15) is 8.42 Å². The molecule has 1 aliphatic rings. The molecule has 1 atom stereocenters. The number of pyridine rings is 1. The predicted octanol–water partition coefficient (Wildman–Crippen LogP) is 1.74. The van der Waals surface area contributed by atoms with Gasteiger partial charge >= 0.3 is 0 Å². The highest BCUT2D eigenvalue weighted by molar-refractivity contribution is 7.89. The molecule has 2 aromatic rings. The molecule has 0 amide bonds. The Hall–Kier alpha value is -1.48. The Kier molecular flexibility index (Phi) is 3.70. The minimum Gasteiger partial charge on any atom is -0.323 e. The van der Waals surface area contributed by atoms with Crippen LogP contribution in [-0.2, 0) is 16.4 Å². The van der Waals surface area contributed by atoms with E-state index >= 15 is 0 Å². The Labute approximate surface area is 127 Å². The van der Waals surface area contributed by atoms with Gasteiger partial charge in [0.2, 0.25) is 10.0 Å². The van der Waals surface area contributed by atoms with Crippen molar-refractivity contribution in [2.45, 2.75) is 24.3 Å². The standard InChI is InChI=1S/C13H16N4O2S2/c1-9-10-4-7-20-12(10)3-6-17(9)21(18,19)13-8-15-5-2-11(13)16-14/h2,4-5,7-9H,3,6,14H2,1H3,(H,15,16). The average molecular weight is 324 g/mol. The van der Waals surface area contributed by atoms with E-state index in [0.717, 1.165) is 12.0 Å². The quantitative estimate of drug-likeness (QED) is 0.663. The number of rotatable bonds is 3. The van der Waals surface area contributed by atoms with Gasteiger partial charge in [0.1, 0.15) is 4.90 Å². The van der Waals surface area contributed by atoms with Gasteiger partial charge < -0.3 is 5.43 Å². The Morgan fingerprint density at radius 1 is 1.48 bits per heavy atom. The third-order valence-corrected chi connectivity index (χ3v) is 6.74. The molecule has 112 valence electrons. The molecule has 0 saturated carbocycles. The summed E-state index contributed by atoms with van der Waals surface area (Å²) in [6, 6.07) is 3.37. The summed E-state index contributed by atoms with van der Waals surface area (Å²) in [7, 11) is -3.64. The van der Waals surface area contributed by atoms with Crippen LogP contribution in [-0.4, -0.2) is 24.3 Å². The van der Waals surface area contributed by atoms with Crippen LogP contribution in [0.4, 0.5) is 5.69 Å². The lowest BCUT2D eigenvalue weighted by Crippen LogP contribution is -2.38. The van der Waals surface area contributed by atoms with Crippen LogP contribution >= 0.6 is 11.3 Å². The molecule has 3 N–H and O–H groups in total. The number of aromatic nitrogens is 1. The van der Waals surface area contributed by atoms with Gasteiger partial charge in [-0.3, -0.25) is 10.8 Å². The van der Waals surface area contributed by atoms with Crippen LogP contribution in [0.1, 0.15) is 23.4 Å². The number of nitrogens with two attached hydrogens (primary N) is 1. The Morgan fingerprint density at radius 2 is 2.29 bits per heavy atom. The molecule has 1 aliphatic heterocycles. The summed E-state index contributed by atoms with van der Waals surface area (Å²) >= 11 is 1.68. The van der Waals surface area contributed by atoms with E-state index in [0.29, 0.717) is 12.2 Å². The summed E-state index contributed by atoms with van der Waals surface area (Å²) < 4.78 is 27.3. The summed E-state index contributed by atoms with van der Waals surface area (Å²) in [6.45, 7) is 2.38. The third-order valence-electron chi connectivity index (χ3n) is 3.75. The van der Waals surface area contributed by atoms with E-state index in [1.807, 2.05) is 18.4 Å². The van der Waals surface area contributed by atoms with Crippen LogP contribution in [0.3, 0.4) is 0 Å². The summed E-state index contributed by atoms with van der Waals surface area (Å²) in [4.78, 5) is 5.29. The molecule has 0 spiro atoms. The normalized spacial score (nSPS) is 19.2. The number of nitrogens with one attached hydrogen (secondary N) is 1. The summed E-state index contributed by atoms with van der Waals surface area (Å²) in [5.41, 5.74) is 3.87. The molecule has 0 aromatic carbocycles. The van der Waals surface area contributed by atoms with Crippen molar-refractivity contribution in [3.63, 3.8) is 0 Å². The molecule has 6 nitrogen and oxygen atoms in total. The minimum absolute atomic E-state index is 0.109. The molecule has 0 fully saturated rings. The van der Waals surface area contributed by atoms with Gasteiger partial charge in [0, 0.05) is 29.9 Å². The molecule has 0 aliphatic carbocycles. The predicted molar refractivity (Wildman–Crippen MR) is 82.4 cm³/mol. The van der Waals surface area contributed by atoms with Gasteiger partial charge in [-0.15, -0.1) is 11.3 Å². The van der Waals surface area contributed by atoms with Crippen LogP contribution in [0.2, 0.25) is 0 Å². The highest BCUT2D eigenvalue weighted by Crippen LogP contribution is 2.37. The molecule has 1 unspecified atom stereocenters. The fourth-order valence-corrected chi connectivity index (χ4v) is 5.32. The number of nitrogens with zero attached hydrogens (tertiary/aromatic N) is 2. The van der Waals surface area contributed by atoms with Crippen molar-refractivity contribution in [3.8, 4) is 0 Å². The molecule has 3 heterocycles. The lowest BCUT2D eigenvalue weighted by Gasteiger charge is -2.32. The molecule has 2 aromatic heterocycles. The van der Waals surface area contributed by atoms with Crippen molar-refractivity contribution in [1.29, 1.82) is 0 Å². The van der Waals surface area contributed by atoms with E-state index in [2.05, 4.69) is 10.4 Å². The topological polar surface area (TPSA) is 88.3 Å². The lowest BCUT2D eigenvalue weighted by molar-refractivity contribution is 0.329. The number of thiophene rings is 1. The smallest absolute Gasteiger partial charge is 0.247 e. The molecule has 0 radical (unpaired) electrons. The summed E-state index contributed by atoms with van der Waals surface area (Å²) in [6.07, 6.45) is 3.58. The van der Waals surface area contributed by atoms with E-state index in [-0.39, 0.29) is 10.9 Å². The van der Waals surface area contributed by atoms with Crippen LogP contribution in [0.5, 0.6) is 0 Å². The number of sulfonamides is 1. The number of hydrazine groups is 1. The second kappa shape index (κ2) is 5.38. The van der Waals surface area contributed by atoms with Crippen molar-refractivity contribution in [3.05, 3.63) is 40.3 Å². The van der Waals surface area contributed by atoms with Gasteiger partial charge in [-0.25, -0.2) is 8.42 Å². The van der Waals surface area contributed by atoms with Gasteiger partial charge in [0.05, 0.1) is 5.69 Å². The van der Waals surface area contributed by atoms with Gasteiger partial charge in [0.25, 0.3) is 0 Å². The largest absolute Gasteiger partial charge is 0.323 e. The number of hydrogen-bond donors (Lipinski definition) is 2. The van der Waals surface area contributed by atoms with Crippen molar-refractivity contribution >= 4 is 27.0 Å². The third kappa shape index (κ3) is 2.34. The summed E-state index contributed by atoms with van der Waals surface area (Å²) in [5.74, 6) is 5.41. The van der Waals surface area contributed by atoms with Crippen molar-refractivity contribution < 1.29 is 8.42 Å². The average Bonchev–Trinajstić information content (AvgIpc) is 2.96. The molecule has 3 rings (SSSR count). The maximum absolute atomic E-state index is 12.9. The second-order valence-corrected chi connectivity index (χ2v) is 7.72. The van der Waals surface area contributed by atoms with Crippen LogP contribution in [0.25, 0.3) is 0 Å². The number of hydrogen-bond acceptors (Lipinski definition) is 6. The molecule has 0 saturated heterocycles.